The average Bonchev–Trinajstić information content (AvgIpc) is 2.48. The highest BCUT2D eigenvalue weighted by molar-refractivity contribution is 4.89. The lowest BCUT2D eigenvalue weighted by molar-refractivity contribution is 0.626. The molecular formula is C24H54. The number of hydrogen-bond donors (Lipinski definition) is 0. The Hall–Kier alpha value is -0.520. The van der Waals surface area contributed by atoms with Crippen molar-refractivity contribution in [2.45, 2.75) is 117 Å². The van der Waals surface area contributed by atoms with Gasteiger partial charge in [0, 0.05) is 0 Å². The van der Waals surface area contributed by atoms with Gasteiger partial charge in [-0.2, -0.15) is 0 Å². The summed E-state index contributed by atoms with van der Waals surface area (Å²) in [5, 5.41) is 0. The Balaban J connectivity index is -0.0000000628. The molecule has 0 aromatic rings. The van der Waals surface area contributed by atoms with E-state index in [-0.39, 0.29) is 0 Å². The molecule has 0 spiro atoms. The summed E-state index contributed by atoms with van der Waals surface area (Å²) in [6.45, 7) is 32.2. The molecule has 0 saturated carbocycles. The van der Waals surface area contributed by atoms with Gasteiger partial charge in [0.25, 0.3) is 0 Å². The molecule has 0 unspecified atom stereocenters. The molecule has 0 nitrogen and oxygen atoms in total. The first-order valence-corrected chi connectivity index (χ1v) is 10.0. The summed E-state index contributed by atoms with van der Waals surface area (Å²) < 4.78 is 0. The molecule has 24 heavy (non-hydrogen) atoms. The van der Waals surface area contributed by atoms with Crippen LogP contribution in [-0.2, 0) is 0 Å². The topological polar surface area (TPSA) is 0 Å². The quantitative estimate of drug-likeness (QED) is 0.438. The van der Waals surface area contributed by atoms with Gasteiger partial charge in [-0.3, -0.25) is 0 Å². The van der Waals surface area contributed by atoms with E-state index in [4.69, 9.17) is 0 Å². The molecule has 0 aromatic heterocycles. The minimum Gasteiger partial charge on any atom is -0.0890 e. The van der Waals surface area contributed by atoms with Gasteiger partial charge in [-0.25, -0.2) is 0 Å². The molecule has 0 aromatic carbocycles. The Morgan fingerprint density at radius 2 is 0.667 bits per heavy atom. The lowest BCUT2D eigenvalue weighted by Gasteiger charge is -1.90. The van der Waals surface area contributed by atoms with Crippen LogP contribution in [0.5, 0.6) is 0 Å². The maximum absolute atomic E-state index is 2.22. The summed E-state index contributed by atoms with van der Waals surface area (Å²) in [7, 11) is 0. The lowest BCUT2D eigenvalue weighted by atomic mass is 10.2. The molecule has 0 amide bonds. The summed E-state index contributed by atoms with van der Waals surface area (Å²) in [6.07, 6.45) is 6.78. The Labute approximate surface area is 158 Å². The van der Waals surface area contributed by atoms with Crippen molar-refractivity contribution in [3.05, 3.63) is 23.3 Å². The summed E-state index contributed by atoms with van der Waals surface area (Å²) in [5.41, 5.74) is 2.76. The van der Waals surface area contributed by atoms with Crippen LogP contribution < -0.4 is 0 Å². The Bertz CT molecular complexity index is 204. The second-order valence-corrected chi connectivity index (χ2v) is 8.07. The molecule has 0 rings (SSSR count). The van der Waals surface area contributed by atoms with Gasteiger partial charge < -0.3 is 0 Å². The molecule has 0 radical (unpaired) electrons. The van der Waals surface area contributed by atoms with Crippen molar-refractivity contribution in [2.75, 3.05) is 0 Å². The molecule has 0 atom stereocenters. The molecule has 0 bridgehead atoms. The van der Waals surface area contributed by atoms with Gasteiger partial charge >= 0.3 is 0 Å². The second kappa shape index (κ2) is 30.4. The van der Waals surface area contributed by atoms with Crippen molar-refractivity contribution < 1.29 is 0 Å². The van der Waals surface area contributed by atoms with Crippen molar-refractivity contribution >= 4 is 0 Å². The van der Waals surface area contributed by atoms with Crippen LogP contribution in [0.2, 0.25) is 0 Å². The molecular weight excluding hydrogens is 288 g/mol. The van der Waals surface area contributed by atoms with Gasteiger partial charge in [0.2, 0.25) is 0 Å². The second-order valence-electron chi connectivity index (χ2n) is 8.07. The zero-order valence-corrected chi connectivity index (χ0v) is 20.3. The molecule has 0 aliphatic heterocycles. The monoisotopic (exact) mass is 342 g/mol. The van der Waals surface area contributed by atoms with Crippen molar-refractivity contribution in [3.8, 4) is 0 Å². The maximum atomic E-state index is 2.22. The van der Waals surface area contributed by atoms with Crippen LogP contribution in [0.25, 0.3) is 0 Å². The third kappa shape index (κ3) is 161. The molecule has 150 valence electrons. The Morgan fingerprint density at radius 1 is 0.583 bits per heavy atom. The molecule has 0 aliphatic carbocycles. The van der Waals surface area contributed by atoms with E-state index >= 15 is 0 Å². The van der Waals surface area contributed by atoms with Gasteiger partial charge in [0.1, 0.15) is 0 Å². The van der Waals surface area contributed by atoms with Crippen LogP contribution in [0.3, 0.4) is 0 Å². The van der Waals surface area contributed by atoms with E-state index in [0.29, 0.717) is 0 Å². The van der Waals surface area contributed by atoms with Crippen LogP contribution in [0, 0.1) is 17.8 Å². The van der Waals surface area contributed by atoms with E-state index in [1.807, 2.05) is 13.8 Å². The van der Waals surface area contributed by atoms with Gasteiger partial charge in [-0.05, 0) is 59.3 Å². The fourth-order valence-electron chi connectivity index (χ4n) is 0. The van der Waals surface area contributed by atoms with Crippen molar-refractivity contribution in [1.29, 1.82) is 0 Å². The normalized spacial score (nSPS) is 8.42. The standard InChI is InChI=1S/2C5H12.2C5H10.C4H10/c4*1-4-5(2)3;1-4(2)3/h2*5H,4H2,1-3H3;2*4H,1-3H3;4H,1-3H3. The SMILES string of the molecule is CC(C)C.CC=C(C)C.CC=C(C)C.CCC(C)C.CCC(C)C. The fourth-order valence-corrected chi connectivity index (χ4v) is 0. The first kappa shape index (κ1) is 34.7. The molecule has 0 heterocycles. The molecule has 0 heteroatoms. The van der Waals surface area contributed by atoms with E-state index in [0.717, 1.165) is 17.8 Å². The predicted octanol–water partition coefficient (Wildman–Crippen LogP) is 9.71. The maximum Gasteiger partial charge on any atom is -0.0442 e. The number of hydrogen-bond acceptors (Lipinski definition) is 0. The van der Waals surface area contributed by atoms with Gasteiger partial charge in [-0.1, -0.05) is 98.5 Å². The Morgan fingerprint density at radius 3 is 0.667 bits per heavy atom. The largest absolute Gasteiger partial charge is 0.0890 e. The van der Waals surface area contributed by atoms with Gasteiger partial charge in [-0.15, -0.1) is 0 Å². The predicted molar refractivity (Wildman–Crippen MR) is 121 cm³/mol. The highest BCUT2D eigenvalue weighted by Gasteiger charge is 1.80. The third-order valence-electron chi connectivity index (χ3n) is 2.79. The van der Waals surface area contributed by atoms with Gasteiger partial charge in [0.05, 0.1) is 0 Å². The highest BCUT2D eigenvalue weighted by Crippen LogP contribution is 1.94. The number of allylic oxidation sites excluding steroid dienone is 4. The van der Waals surface area contributed by atoms with E-state index in [9.17, 15) is 0 Å². The van der Waals surface area contributed by atoms with Crippen molar-refractivity contribution in [2.24, 2.45) is 17.8 Å². The van der Waals surface area contributed by atoms with Crippen molar-refractivity contribution in [3.63, 3.8) is 0 Å². The van der Waals surface area contributed by atoms with Crippen molar-refractivity contribution in [1.82, 2.24) is 0 Å². The molecule has 0 aliphatic rings. The smallest absolute Gasteiger partial charge is 0.0442 e. The molecule has 0 fully saturated rings. The van der Waals surface area contributed by atoms with Crippen LogP contribution in [0.4, 0.5) is 0 Å². The summed E-state index contributed by atoms with van der Waals surface area (Å²) in [6, 6.07) is 0. The number of rotatable bonds is 2. The average molecular weight is 343 g/mol. The minimum atomic E-state index is 0.833. The highest BCUT2D eigenvalue weighted by atomic mass is 13.9. The first-order valence-electron chi connectivity index (χ1n) is 10.0. The summed E-state index contributed by atoms with van der Waals surface area (Å²) >= 11 is 0. The van der Waals surface area contributed by atoms with Crippen LogP contribution >= 0.6 is 0 Å². The Kier molecular flexibility index (Phi) is 44.0. The van der Waals surface area contributed by atoms with Crippen LogP contribution in [0.1, 0.15) is 117 Å². The zero-order valence-electron chi connectivity index (χ0n) is 20.3. The van der Waals surface area contributed by atoms with Gasteiger partial charge in [0.15, 0.2) is 0 Å². The van der Waals surface area contributed by atoms with Crippen LogP contribution in [0.15, 0.2) is 23.3 Å². The van der Waals surface area contributed by atoms with E-state index in [1.165, 1.54) is 24.0 Å². The third-order valence-corrected chi connectivity index (χ3v) is 2.79. The molecule has 0 N–H and O–H groups in total. The minimum absolute atomic E-state index is 0.833. The summed E-state index contributed by atoms with van der Waals surface area (Å²) in [4.78, 5) is 0. The zero-order chi connectivity index (χ0) is 20.7. The van der Waals surface area contributed by atoms with E-state index in [2.05, 4.69) is 102 Å². The van der Waals surface area contributed by atoms with Crippen LogP contribution in [-0.4, -0.2) is 0 Å². The first-order chi connectivity index (χ1) is 10.8. The summed E-state index contributed by atoms with van der Waals surface area (Å²) in [5.74, 6) is 2.60. The van der Waals surface area contributed by atoms with E-state index in [1.54, 1.807) is 0 Å². The van der Waals surface area contributed by atoms with E-state index < -0.39 is 0 Å². The molecule has 0 saturated heterocycles. The fraction of sp³-hybridized carbons (Fsp3) is 0.833. The lowest BCUT2D eigenvalue weighted by Crippen LogP contribution is -1.77.